The summed E-state index contributed by atoms with van der Waals surface area (Å²) in [6, 6.07) is 14.1. The van der Waals surface area contributed by atoms with Crippen molar-refractivity contribution in [1.82, 2.24) is 4.31 Å². The summed E-state index contributed by atoms with van der Waals surface area (Å²) in [4.78, 5) is 2.40. The van der Waals surface area contributed by atoms with E-state index in [9.17, 15) is 8.42 Å². The van der Waals surface area contributed by atoms with Crippen molar-refractivity contribution in [2.45, 2.75) is 4.90 Å². The van der Waals surface area contributed by atoms with Gasteiger partial charge in [-0.15, -0.1) is 0 Å². The molecule has 0 saturated carbocycles. The summed E-state index contributed by atoms with van der Waals surface area (Å²) in [6.07, 6.45) is 0. The maximum absolute atomic E-state index is 12.7. The normalized spacial score (nSPS) is 16.2. The SMILES string of the molecule is COc1ccc(S(=O)(=O)N2CCN(c3ccccc3Cl)CC2)cc1. The van der Waals surface area contributed by atoms with Crippen LogP contribution in [0.1, 0.15) is 0 Å². The van der Waals surface area contributed by atoms with Crippen LogP contribution in [0, 0.1) is 0 Å². The number of anilines is 1. The third-order valence-electron chi connectivity index (χ3n) is 4.13. The number of sulfonamides is 1. The maximum atomic E-state index is 12.7. The molecule has 2 aromatic rings. The zero-order valence-corrected chi connectivity index (χ0v) is 14.9. The molecule has 0 bridgehead atoms. The van der Waals surface area contributed by atoms with Gasteiger partial charge in [0.05, 0.1) is 22.7 Å². The van der Waals surface area contributed by atoms with E-state index in [4.69, 9.17) is 16.3 Å². The highest BCUT2D eigenvalue weighted by molar-refractivity contribution is 7.89. The molecule has 0 atom stereocenters. The predicted molar refractivity (Wildman–Crippen MR) is 95.4 cm³/mol. The Bertz CT molecular complexity index is 801. The Kier molecular flexibility index (Phi) is 4.99. The lowest BCUT2D eigenvalue weighted by Gasteiger charge is -2.35. The van der Waals surface area contributed by atoms with Gasteiger partial charge in [-0.2, -0.15) is 4.31 Å². The summed E-state index contributed by atoms with van der Waals surface area (Å²) < 4.78 is 32.1. The van der Waals surface area contributed by atoms with Gasteiger partial charge in [0.2, 0.25) is 10.0 Å². The second-order valence-corrected chi connectivity index (χ2v) is 7.86. The first-order valence-electron chi connectivity index (χ1n) is 7.66. The minimum absolute atomic E-state index is 0.287. The number of rotatable bonds is 4. The fraction of sp³-hybridized carbons (Fsp3) is 0.294. The van der Waals surface area contributed by atoms with E-state index in [1.165, 1.54) is 4.31 Å². The minimum atomic E-state index is -3.48. The number of hydrogen-bond donors (Lipinski definition) is 0. The fourth-order valence-corrected chi connectivity index (χ4v) is 4.45. The monoisotopic (exact) mass is 366 g/mol. The summed E-state index contributed by atoms with van der Waals surface area (Å²) in [5.41, 5.74) is 0.945. The van der Waals surface area contributed by atoms with Gasteiger partial charge in [-0.05, 0) is 36.4 Å². The Morgan fingerprint density at radius 2 is 1.58 bits per heavy atom. The van der Waals surface area contributed by atoms with Gasteiger partial charge < -0.3 is 9.64 Å². The van der Waals surface area contributed by atoms with E-state index in [0.717, 1.165) is 5.69 Å². The molecule has 1 fully saturated rings. The van der Waals surface area contributed by atoms with Gasteiger partial charge in [-0.3, -0.25) is 0 Å². The largest absolute Gasteiger partial charge is 0.497 e. The highest BCUT2D eigenvalue weighted by atomic mass is 35.5. The molecule has 7 heteroatoms. The summed E-state index contributed by atoms with van der Waals surface area (Å²) in [6.45, 7) is 2.08. The number of para-hydroxylation sites is 1. The Morgan fingerprint density at radius 1 is 0.958 bits per heavy atom. The van der Waals surface area contributed by atoms with Gasteiger partial charge in [-0.1, -0.05) is 23.7 Å². The highest BCUT2D eigenvalue weighted by Gasteiger charge is 2.29. The van der Waals surface area contributed by atoms with Crippen LogP contribution in [0.3, 0.4) is 0 Å². The molecule has 1 heterocycles. The summed E-state index contributed by atoms with van der Waals surface area (Å²) >= 11 is 6.22. The van der Waals surface area contributed by atoms with Crippen LogP contribution < -0.4 is 9.64 Å². The van der Waals surface area contributed by atoms with Crippen molar-refractivity contribution in [3.63, 3.8) is 0 Å². The molecule has 0 N–H and O–H groups in total. The van der Waals surface area contributed by atoms with Crippen molar-refractivity contribution >= 4 is 27.3 Å². The average Bonchev–Trinajstić information content (AvgIpc) is 2.62. The Labute approximate surface area is 147 Å². The van der Waals surface area contributed by atoms with E-state index in [1.807, 2.05) is 24.3 Å². The second-order valence-electron chi connectivity index (χ2n) is 5.52. The topological polar surface area (TPSA) is 49.9 Å². The molecule has 0 aromatic heterocycles. The lowest BCUT2D eigenvalue weighted by atomic mass is 10.2. The summed E-state index contributed by atoms with van der Waals surface area (Å²) in [5, 5.41) is 0.684. The molecule has 0 amide bonds. The van der Waals surface area contributed by atoms with Crippen LogP contribution in [0.2, 0.25) is 5.02 Å². The lowest BCUT2D eigenvalue weighted by Crippen LogP contribution is -2.48. The molecule has 0 spiro atoms. The standard InChI is InChI=1S/C17H19ClN2O3S/c1-23-14-6-8-15(9-7-14)24(21,22)20-12-10-19(11-13-20)17-5-3-2-4-16(17)18/h2-9H,10-13H2,1H3. The van der Waals surface area contributed by atoms with Crippen molar-refractivity contribution in [2.75, 3.05) is 38.2 Å². The molecule has 0 radical (unpaired) electrons. The van der Waals surface area contributed by atoms with Crippen LogP contribution in [0.5, 0.6) is 5.75 Å². The first-order chi connectivity index (χ1) is 11.5. The number of benzene rings is 2. The molecule has 5 nitrogen and oxygen atoms in total. The molecule has 24 heavy (non-hydrogen) atoms. The van der Waals surface area contributed by atoms with Gasteiger partial charge in [0.25, 0.3) is 0 Å². The lowest BCUT2D eigenvalue weighted by molar-refractivity contribution is 0.384. The molecular weight excluding hydrogens is 348 g/mol. The Morgan fingerprint density at radius 3 is 2.17 bits per heavy atom. The number of ether oxygens (including phenoxy) is 1. The molecule has 0 unspecified atom stereocenters. The van der Waals surface area contributed by atoms with Crippen LogP contribution in [0.15, 0.2) is 53.4 Å². The van der Waals surface area contributed by atoms with E-state index in [-0.39, 0.29) is 4.90 Å². The zero-order chi connectivity index (χ0) is 17.2. The van der Waals surface area contributed by atoms with E-state index in [0.29, 0.717) is 37.0 Å². The fourth-order valence-electron chi connectivity index (χ4n) is 2.77. The first-order valence-corrected chi connectivity index (χ1v) is 9.48. The van der Waals surface area contributed by atoms with Crippen molar-refractivity contribution in [3.8, 4) is 5.75 Å². The average molecular weight is 367 g/mol. The molecule has 1 aliphatic heterocycles. The molecule has 1 saturated heterocycles. The van der Waals surface area contributed by atoms with E-state index < -0.39 is 10.0 Å². The van der Waals surface area contributed by atoms with Gasteiger partial charge >= 0.3 is 0 Å². The van der Waals surface area contributed by atoms with Crippen LogP contribution in [0.4, 0.5) is 5.69 Å². The van der Waals surface area contributed by atoms with Crippen molar-refractivity contribution < 1.29 is 13.2 Å². The maximum Gasteiger partial charge on any atom is 0.243 e. The predicted octanol–water partition coefficient (Wildman–Crippen LogP) is 2.86. The molecule has 1 aliphatic rings. The third kappa shape index (κ3) is 3.36. The van der Waals surface area contributed by atoms with Crippen LogP contribution in [-0.2, 0) is 10.0 Å². The number of piperazine rings is 1. The van der Waals surface area contributed by atoms with Gasteiger partial charge in [0.15, 0.2) is 0 Å². The van der Waals surface area contributed by atoms with E-state index in [1.54, 1.807) is 31.4 Å². The molecule has 2 aromatic carbocycles. The number of halogens is 1. The van der Waals surface area contributed by atoms with Crippen molar-refractivity contribution in [1.29, 1.82) is 0 Å². The summed E-state index contributed by atoms with van der Waals surface area (Å²) in [5.74, 6) is 0.637. The summed E-state index contributed by atoms with van der Waals surface area (Å²) in [7, 11) is -1.93. The molecule has 3 rings (SSSR count). The molecule has 128 valence electrons. The van der Waals surface area contributed by atoms with Crippen molar-refractivity contribution in [2.24, 2.45) is 0 Å². The Hall–Kier alpha value is -1.76. The van der Waals surface area contributed by atoms with E-state index >= 15 is 0 Å². The second kappa shape index (κ2) is 7.01. The van der Waals surface area contributed by atoms with Gasteiger partial charge in [0, 0.05) is 26.2 Å². The zero-order valence-electron chi connectivity index (χ0n) is 13.4. The molecular formula is C17H19ClN2O3S. The highest BCUT2D eigenvalue weighted by Crippen LogP contribution is 2.27. The minimum Gasteiger partial charge on any atom is -0.497 e. The van der Waals surface area contributed by atoms with Crippen LogP contribution in [-0.4, -0.2) is 46.0 Å². The van der Waals surface area contributed by atoms with Crippen molar-refractivity contribution in [3.05, 3.63) is 53.6 Å². The molecule has 0 aliphatic carbocycles. The number of hydrogen-bond acceptors (Lipinski definition) is 4. The first kappa shape index (κ1) is 17.1. The van der Waals surface area contributed by atoms with E-state index in [2.05, 4.69) is 4.90 Å². The van der Waals surface area contributed by atoms with Crippen LogP contribution in [0.25, 0.3) is 0 Å². The number of methoxy groups -OCH3 is 1. The Balaban J connectivity index is 1.72. The third-order valence-corrected chi connectivity index (χ3v) is 6.36. The van der Waals surface area contributed by atoms with Crippen LogP contribution >= 0.6 is 11.6 Å². The van der Waals surface area contributed by atoms with Gasteiger partial charge in [0.1, 0.15) is 5.75 Å². The quantitative estimate of drug-likeness (QED) is 0.834. The smallest absolute Gasteiger partial charge is 0.243 e. The van der Waals surface area contributed by atoms with Gasteiger partial charge in [-0.25, -0.2) is 8.42 Å². The number of nitrogens with zero attached hydrogens (tertiary/aromatic N) is 2.